The number of carboxylic acids is 3. The summed E-state index contributed by atoms with van der Waals surface area (Å²) in [5, 5.41) is 92.7. The Hall–Kier alpha value is -10.3. The van der Waals surface area contributed by atoms with Crippen LogP contribution in [-0.2, 0) is 72.4 Å². The number of hydrogen-bond donors (Lipinski definition) is 18. The van der Waals surface area contributed by atoms with Gasteiger partial charge >= 0.3 is 23.9 Å². The minimum atomic E-state index is -1.76. The summed E-state index contributed by atoms with van der Waals surface area (Å²) in [6.45, 7) is -1.44. The van der Waals surface area contributed by atoms with Gasteiger partial charge in [0.2, 0.25) is 47.3 Å². The van der Waals surface area contributed by atoms with Gasteiger partial charge in [0.05, 0.1) is 52.6 Å². The molecule has 578 valence electrons. The van der Waals surface area contributed by atoms with Crippen LogP contribution in [0.25, 0.3) is 0 Å². The lowest BCUT2D eigenvalue weighted by Gasteiger charge is -2.32. The lowest BCUT2D eigenvalue weighted by Crippen LogP contribution is -2.59. The fourth-order valence-corrected chi connectivity index (χ4v) is 10.9. The van der Waals surface area contributed by atoms with Crippen LogP contribution in [0.1, 0.15) is 67.3 Å². The number of ether oxygens (including phenoxy) is 1. The highest BCUT2D eigenvalue weighted by Crippen LogP contribution is 2.33. The second-order valence-corrected chi connectivity index (χ2v) is 24.5. The Morgan fingerprint density at radius 1 is 0.543 bits per heavy atom. The third-order valence-corrected chi connectivity index (χ3v) is 16.5. The van der Waals surface area contributed by atoms with Crippen LogP contribution in [0, 0.1) is 11.6 Å². The van der Waals surface area contributed by atoms with E-state index in [1.165, 1.54) is 0 Å². The van der Waals surface area contributed by atoms with Crippen molar-refractivity contribution in [3.63, 3.8) is 0 Å². The number of halogens is 2. The highest BCUT2D eigenvalue weighted by molar-refractivity contribution is 5.96. The highest BCUT2D eigenvalue weighted by atomic mass is 19.1. The fraction of sp³-hybridized carbons (Fsp3) is 0.530. The first-order chi connectivity index (χ1) is 50.2. The summed E-state index contributed by atoms with van der Waals surface area (Å²) < 4.78 is 35.5. The topological polar surface area (TPSA) is 531 Å². The average molecular weight is 1480 g/mol. The van der Waals surface area contributed by atoms with Crippen molar-refractivity contribution in [1.82, 2.24) is 77.7 Å². The second kappa shape index (κ2) is 45.1. The van der Waals surface area contributed by atoms with E-state index in [1.807, 2.05) is 29.2 Å². The van der Waals surface area contributed by atoms with Crippen molar-refractivity contribution in [2.45, 2.75) is 88.9 Å². The molecule has 0 saturated carbocycles. The van der Waals surface area contributed by atoms with Crippen molar-refractivity contribution in [2.24, 2.45) is 10.7 Å². The van der Waals surface area contributed by atoms with E-state index in [-0.39, 0.29) is 155 Å². The van der Waals surface area contributed by atoms with Gasteiger partial charge in [-0.3, -0.25) is 87.5 Å². The largest absolute Gasteiger partial charge is 0.508 e. The normalized spacial score (nSPS) is 15.6. The van der Waals surface area contributed by atoms with Gasteiger partial charge in [0.1, 0.15) is 53.3 Å². The molecular formula is C66H95F2N17O20. The van der Waals surface area contributed by atoms with Crippen LogP contribution in [0.15, 0.2) is 65.7 Å². The second-order valence-electron chi connectivity index (χ2n) is 24.5. The van der Waals surface area contributed by atoms with Crippen molar-refractivity contribution >= 4 is 77.2 Å². The van der Waals surface area contributed by atoms with Gasteiger partial charge in [0.15, 0.2) is 5.96 Å². The minimum Gasteiger partial charge on any atom is -0.508 e. The van der Waals surface area contributed by atoms with E-state index in [1.54, 1.807) is 50.8 Å². The quantitative estimate of drug-likeness (QED) is 0.0144. The molecule has 39 heteroatoms. The molecule has 2 aliphatic rings. The van der Waals surface area contributed by atoms with Crippen LogP contribution in [0.2, 0.25) is 0 Å². The number of carbonyl (C=O) groups excluding carboxylic acids is 9. The number of aliphatic hydroxyl groups is 3. The number of benzene rings is 3. The van der Waals surface area contributed by atoms with Crippen molar-refractivity contribution in [1.29, 1.82) is 0 Å². The minimum absolute atomic E-state index is 0.0141. The van der Waals surface area contributed by atoms with Gasteiger partial charge in [-0.1, -0.05) is 43.3 Å². The molecule has 0 aromatic heterocycles. The van der Waals surface area contributed by atoms with Crippen molar-refractivity contribution in [3.05, 3.63) is 94.6 Å². The van der Waals surface area contributed by atoms with Crippen LogP contribution in [-0.4, -0.2) is 299 Å². The zero-order valence-electron chi connectivity index (χ0n) is 58.1. The Labute approximate surface area is 603 Å². The number of nitrogens with zero attached hydrogens (tertiary/aromatic N) is 6. The standard InChI is InChI=1S/C66H95F2N17O20/c1-2-53(90)71-18-19-74-66(104)80-65(69)73-15-5-9-49(60(99)75-31-46-47(67)29-44(89)30-48(46)68)77-64(103)59(85-32-42-7-3-4-8-43(42)33-85)41-10-12-45(13-11-41)105-28-6-16-72-61(100)50(38-86)78-63(102)52(40-88)79-62(101)51(39-87)76-54(91)14-17-70-55(92)34-81-20-22-82(35-56(93)94)24-26-84(37-58(97)98)27-25-83(23-21-81)36-57(95)96/h3-4,7-8,10-13,29-30,49-52,59,86-89H,2,5-6,9,14-28,31-40H2,1H3,(H,70,92)(H,71,90)(H,72,100)(H,75,99)(H,76,91)(H,77,103)(H,78,102)(H,79,101)(H,93,94)(H,95,96)(H,97,98)(H4,69,73,74,80,104)/t49-,50-,51-,52-,59+/m1/s1. The summed E-state index contributed by atoms with van der Waals surface area (Å²) in [5.41, 5.74) is 7.73. The Morgan fingerprint density at radius 2 is 1.02 bits per heavy atom. The van der Waals surface area contributed by atoms with E-state index < -0.39 is 151 Å². The zero-order chi connectivity index (χ0) is 77.0. The van der Waals surface area contributed by atoms with Crippen LogP contribution < -0.4 is 63.6 Å². The molecule has 1 saturated heterocycles. The number of aliphatic hydroxyl groups excluding tert-OH is 3. The molecule has 37 nitrogen and oxygen atoms in total. The fourth-order valence-electron chi connectivity index (χ4n) is 10.9. The maximum Gasteiger partial charge on any atom is 0.321 e. The molecule has 5 rings (SSSR count). The summed E-state index contributed by atoms with van der Waals surface area (Å²) in [4.78, 5) is 165. The number of nitrogens with two attached hydrogens (primary N) is 1. The summed E-state index contributed by atoms with van der Waals surface area (Å²) >= 11 is 0. The van der Waals surface area contributed by atoms with Crippen LogP contribution in [0.3, 0.4) is 0 Å². The Balaban J connectivity index is 1.11. The molecule has 2 aliphatic heterocycles. The lowest BCUT2D eigenvalue weighted by atomic mass is 10.0. The van der Waals surface area contributed by atoms with Crippen molar-refractivity contribution in [3.8, 4) is 11.5 Å². The van der Waals surface area contributed by atoms with E-state index in [0.717, 1.165) is 11.1 Å². The molecule has 0 bridgehead atoms. The molecule has 0 spiro atoms. The number of amides is 10. The molecule has 0 unspecified atom stereocenters. The van der Waals surface area contributed by atoms with Gasteiger partial charge in [-0.25, -0.2) is 13.6 Å². The van der Waals surface area contributed by atoms with Gasteiger partial charge in [0.25, 0.3) is 0 Å². The van der Waals surface area contributed by atoms with Crippen molar-refractivity contribution in [2.75, 3.05) is 138 Å². The Bertz CT molecular complexity index is 3390. The number of aromatic hydroxyl groups is 1. The maximum atomic E-state index is 14.8. The number of carbonyl (C=O) groups is 12. The predicted molar refractivity (Wildman–Crippen MR) is 369 cm³/mol. The molecule has 3 aromatic rings. The Kier molecular flexibility index (Phi) is 36.6. The molecule has 10 amide bonds. The predicted octanol–water partition coefficient (Wildman–Crippen LogP) is -5.25. The molecule has 1 fully saturated rings. The number of phenols is 1. The first kappa shape index (κ1) is 85.4. The van der Waals surface area contributed by atoms with Gasteiger partial charge in [-0.05, 0) is 48.1 Å². The SMILES string of the molecule is CCC(=O)NCCNC(=O)NC(N)=NCCC[C@@H](NC(=O)[C@H](c1ccc(OCCCNC(=O)[C@@H](CO)NC(=O)[C@@H](CO)NC(=O)[C@@H](CO)NC(=O)CCNC(=O)CN2CCN(CC(=O)O)CCN(CC(=O)O)CCN(CC(=O)O)CC2)cc1)N1Cc2ccccc2C1)C(=O)NCc1c(F)cc(O)cc1F. The van der Waals surface area contributed by atoms with Gasteiger partial charge < -0.3 is 94.1 Å². The number of guanidine groups is 1. The number of nitrogens with one attached hydrogen (secondary N) is 10. The van der Waals surface area contributed by atoms with Gasteiger partial charge in [0, 0.05) is 135 Å². The zero-order valence-corrected chi connectivity index (χ0v) is 58.1. The number of carboxylic acid groups (broad SMARTS) is 3. The van der Waals surface area contributed by atoms with Gasteiger partial charge in [-0.2, -0.15) is 0 Å². The number of fused-ring (bicyclic) bond motifs is 1. The highest BCUT2D eigenvalue weighted by Gasteiger charge is 2.35. The molecule has 0 aliphatic carbocycles. The number of rotatable bonds is 40. The molecule has 0 radical (unpaired) electrons. The smallest absolute Gasteiger partial charge is 0.321 e. The van der Waals surface area contributed by atoms with Crippen LogP contribution >= 0.6 is 0 Å². The summed E-state index contributed by atoms with van der Waals surface area (Å²) in [6, 6.07) is 7.28. The molecular weight excluding hydrogens is 1390 g/mol. The number of aliphatic carboxylic acids is 3. The van der Waals surface area contributed by atoms with Gasteiger partial charge in [-0.15, -0.1) is 0 Å². The summed E-state index contributed by atoms with van der Waals surface area (Å²) in [7, 11) is 0. The molecule has 2 heterocycles. The molecule has 3 aromatic carbocycles. The molecule has 19 N–H and O–H groups in total. The molecule has 5 atom stereocenters. The Morgan fingerprint density at radius 3 is 1.53 bits per heavy atom. The first-order valence-corrected chi connectivity index (χ1v) is 33.9. The summed E-state index contributed by atoms with van der Waals surface area (Å²) in [5.74, 6) is -12.4. The van der Waals surface area contributed by atoms with E-state index in [9.17, 15) is 102 Å². The van der Waals surface area contributed by atoms with E-state index >= 15 is 0 Å². The van der Waals surface area contributed by atoms with Crippen LogP contribution in [0.5, 0.6) is 11.5 Å². The number of hydrogen-bond acceptors (Lipinski definition) is 23. The number of aliphatic imine (C=N–C) groups is 1. The van der Waals surface area contributed by atoms with Crippen LogP contribution in [0.4, 0.5) is 13.6 Å². The van der Waals surface area contributed by atoms with E-state index in [2.05, 4.69) is 58.2 Å². The third kappa shape index (κ3) is 30.9. The monoisotopic (exact) mass is 1480 g/mol. The average Bonchev–Trinajstić information content (AvgIpc) is 1.66. The maximum absolute atomic E-state index is 14.8. The summed E-state index contributed by atoms with van der Waals surface area (Å²) in [6.07, 6.45) is 0.0500. The van der Waals surface area contributed by atoms with E-state index in [4.69, 9.17) is 10.5 Å². The lowest BCUT2D eigenvalue weighted by molar-refractivity contribution is -0.140. The van der Waals surface area contributed by atoms with Crippen molar-refractivity contribution < 1.29 is 107 Å². The third-order valence-electron chi connectivity index (χ3n) is 16.5. The molecule has 105 heavy (non-hydrogen) atoms. The van der Waals surface area contributed by atoms with E-state index in [0.29, 0.717) is 36.5 Å². The number of urea groups is 1. The first-order valence-electron chi connectivity index (χ1n) is 33.9. The number of phenolic OH excluding ortho intramolecular Hbond substituents is 1.